The fourth-order valence-electron chi connectivity index (χ4n) is 2.80. The summed E-state index contributed by atoms with van der Waals surface area (Å²) >= 11 is 0. The molecule has 1 saturated heterocycles. The van der Waals surface area contributed by atoms with Crippen molar-refractivity contribution in [3.05, 3.63) is 0 Å². The van der Waals surface area contributed by atoms with Crippen LogP contribution in [0.15, 0.2) is 0 Å². The maximum Gasteiger partial charge on any atom is 0.249 e. The van der Waals surface area contributed by atoms with E-state index in [1.165, 1.54) is 0 Å². The number of hydrogen-bond donors (Lipinski definition) is 1. The Bertz CT molecular complexity index is 206. The van der Waals surface area contributed by atoms with Gasteiger partial charge in [0.05, 0.1) is 0 Å². The van der Waals surface area contributed by atoms with Crippen molar-refractivity contribution in [2.24, 2.45) is 17.1 Å². The highest BCUT2D eigenvalue weighted by atomic mass is 19.3. The van der Waals surface area contributed by atoms with E-state index < -0.39 is 5.92 Å². The first-order valence-electron chi connectivity index (χ1n) is 5.24. The second kappa shape index (κ2) is 3.42. The van der Waals surface area contributed by atoms with Crippen LogP contribution in [-0.4, -0.2) is 25.7 Å². The van der Waals surface area contributed by atoms with Gasteiger partial charge in [0.2, 0.25) is 5.92 Å². The van der Waals surface area contributed by atoms with E-state index in [1.54, 1.807) is 0 Å². The molecule has 82 valence electrons. The minimum atomic E-state index is -2.48. The van der Waals surface area contributed by atoms with Crippen LogP contribution in [0.25, 0.3) is 0 Å². The standard InChI is InChI=1S/C10H17F2NO/c11-10(12)5-9(6-10,7-13)8-2-1-3-14-4-8/h8H,1-7,13H2. The molecule has 1 aliphatic heterocycles. The summed E-state index contributed by atoms with van der Waals surface area (Å²) in [5.41, 5.74) is 5.30. The molecule has 0 amide bonds. The van der Waals surface area contributed by atoms with Crippen LogP contribution in [0.2, 0.25) is 0 Å². The van der Waals surface area contributed by atoms with Crippen LogP contribution in [0.1, 0.15) is 25.7 Å². The number of nitrogens with two attached hydrogens (primary N) is 1. The zero-order chi connectivity index (χ0) is 10.2. The predicted octanol–water partition coefficient (Wildman–Crippen LogP) is 1.79. The van der Waals surface area contributed by atoms with E-state index in [4.69, 9.17) is 10.5 Å². The molecule has 0 spiro atoms. The molecule has 0 aromatic heterocycles. The van der Waals surface area contributed by atoms with Gasteiger partial charge >= 0.3 is 0 Å². The summed E-state index contributed by atoms with van der Waals surface area (Å²) in [6, 6.07) is 0. The van der Waals surface area contributed by atoms with E-state index in [0.29, 0.717) is 13.2 Å². The predicted molar refractivity (Wildman–Crippen MR) is 49.2 cm³/mol. The van der Waals surface area contributed by atoms with Crippen LogP contribution in [0, 0.1) is 11.3 Å². The molecule has 1 unspecified atom stereocenters. The first-order chi connectivity index (χ1) is 6.58. The van der Waals surface area contributed by atoms with E-state index in [2.05, 4.69) is 0 Å². The van der Waals surface area contributed by atoms with Crippen LogP contribution in [0.4, 0.5) is 8.78 Å². The van der Waals surface area contributed by atoms with Crippen molar-refractivity contribution in [2.75, 3.05) is 19.8 Å². The lowest BCUT2D eigenvalue weighted by Crippen LogP contribution is -2.56. The quantitative estimate of drug-likeness (QED) is 0.746. The SMILES string of the molecule is NCC1(C2CCCOC2)CC(F)(F)C1. The fraction of sp³-hybridized carbons (Fsp3) is 1.00. The highest BCUT2D eigenvalue weighted by molar-refractivity contribution is 5.03. The minimum Gasteiger partial charge on any atom is -0.381 e. The summed E-state index contributed by atoms with van der Waals surface area (Å²) in [4.78, 5) is 0. The molecule has 1 aliphatic carbocycles. The molecule has 2 nitrogen and oxygen atoms in total. The Labute approximate surface area is 82.8 Å². The van der Waals surface area contributed by atoms with E-state index in [1.807, 2.05) is 0 Å². The second-order valence-corrected chi connectivity index (χ2v) is 4.69. The van der Waals surface area contributed by atoms with Gasteiger partial charge in [-0.3, -0.25) is 0 Å². The molecule has 1 heterocycles. The van der Waals surface area contributed by atoms with Gasteiger partial charge in [0.1, 0.15) is 0 Å². The summed E-state index contributed by atoms with van der Waals surface area (Å²) in [5.74, 6) is -2.22. The molecule has 2 rings (SSSR count). The third-order valence-corrected chi connectivity index (χ3v) is 3.65. The van der Waals surface area contributed by atoms with Gasteiger partial charge in [-0.05, 0) is 30.7 Å². The second-order valence-electron chi connectivity index (χ2n) is 4.69. The molecule has 0 bridgehead atoms. The highest BCUT2D eigenvalue weighted by Crippen LogP contribution is 2.56. The molecular formula is C10H17F2NO. The number of halogens is 2. The fourth-order valence-corrected chi connectivity index (χ4v) is 2.80. The third kappa shape index (κ3) is 1.65. The van der Waals surface area contributed by atoms with Crippen LogP contribution >= 0.6 is 0 Å². The number of ether oxygens (including phenoxy) is 1. The molecule has 2 N–H and O–H groups in total. The molecule has 0 aromatic rings. The topological polar surface area (TPSA) is 35.2 Å². The van der Waals surface area contributed by atoms with Crippen LogP contribution in [-0.2, 0) is 4.74 Å². The maximum atomic E-state index is 12.9. The van der Waals surface area contributed by atoms with Crippen molar-refractivity contribution in [1.82, 2.24) is 0 Å². The molecular weight excluding hydrogens is 188 g/mol. The molecule has 0 radical (unpaired) electrons. The molecule has 2 aliphatic rings. The lowest BCUT2D eigenvalue weighted by atomic mass is 9.58. The number of alkyl halides is 2. The number of hydrogen-bond acceptors (Lipinski definition) is 2. The lowest BCUT2D eigenvalue weighted by Gasteiger charge is -2.52. The normalized spacial score (nSPS) is 34.9. The Balaban J connectivity index is 1.99. The van der Waals surface area contributed by atoms with Gasteiger partial charge in [0.25, 0.3) is 0 Å². The molecule has 4 heteroatoms. The summed E-state index contributed by atoms with van der Waals surface area (Å²) in [7, 11) is 0. The van der Waals surface area contributed by atoms with Gasteiger partial charge in [0, 0.05) is 26.1 Å². The Kier molecular flexibility index (Phi) is 2.52. The van der Waals surface area contributed by atoms with Gasteiger partial charge in [-0.25, -0.2) is 8.78 Å². The van der Waals surface area contributed by atoms with Gasteiger partial charge < -0.3 is 10.5 Å². The monoisotopic (exact) mass is 205 g/mol. The van der Waals surface area contributed by atoms with Crippen molar-refractivity contribution in [3.8, 4) is 0 Å². The first-order valence-corrected chi connectivity index (χ1v) is 5.24. The van der Waals surface area contributed by atoms with E-state index in [9.17, 15) is 8.78 Å². The Hall–Kier alpha value is -0.220. The summed E-state index contributed by atoms with van der Waals surface area (Å²) < 4.78 is 31.1. The Morgan fingerprint density at radius 3 is 2.50 bits per heavy atom. The number of rotatable bonds is 2. The Morgan fingerprint density at radius 2 is 2.07 bits per heavy atom. The first kappa shape index (κ1) is 10.3. The summed E-state index contributed by atoms with van der Waals surface area (Å²) in [5, 5.41) is 0. The Morgan fingerprint density at radius 1 is 1.36 bits per heavy atom. The summed E-state index contributed by atoms with van der Waals surface area (Å²) in [6.45, 7) is 1.76. The zero-order valence-corrected chi connectivity index (χ0v) is 8.27. The zero-order valence-electron chi connectivity index (χ0n) is 8.27. The molecule has 1 atom stereocenters. The van der Waals surface area contributed by atoms with Crippen molar-refractivity contribution < 1.29 is 13.5 Å². The molecule has 14 heavy (non-hydrogen) atoms. The van der Waals surface area contributed by atoms with Crippen LogP contribution in [0.5, 0.6) is 0 Å². The molecule has 0 aromatic carbocycles. The van der Waals surface area contributed by atoms with Crippen molar-refractivity contribution in [1.29, 1.82) is 0 Å². The van der Waals surface area contributed by atoms with Gasteiger partial charge in [0.15, 0.2) is 0 Å². The van der Waals surface area contributed by atoms with E-state index in [-0.39, 0.29) is 24.2 Å². The van der Waals surface area contributed by atoms with E-state index >= 15 is 0 Å². The largest absolute Gasteiger partial charge is 0.381 e. The lowest BCUT2D eigenvalue weighted by molar-refractivity contribution is -0.193. The van der Waals surface area contributed by atoms with Crippen molar-refractivity contribution in [3.63, 3.8) is 0 Å². The molecule has 1 saturated carbocycles. The third-order valence-electron chi connectivity index (χ3n) is 3.65. The van der Waals surface area contributed by atoms with Crippen LogP contribution in [0.3, 0.4) is 0 Å². The van der Waals surface area contributed by atoms with E-state index in [0.717, 1.165) is 19.4 Å². The minimum absolute atomic E-state index is 0.0372. The average molecular weight is 205 g/mol. The van der Waals surface area contributed by atoms with Gasteiger partial charge in [-0.2, -0.15) is 0 Å². The molecule has 2 fully saturated rings. The average Bonchev–Trinajstić information content (AvgIpc) is 2.15. The van der Waals surface area contributed by atoms with Crippen LogP contribution < -0.4 is 5.73 Å². The highest BCUT2D eigenvalue weighted by Gasteiger charge is 2.58. The van der Waals surface area contributed by atoms with Crippen molar-refractivity contribution >= 4 is 0 Å². The van der Waals surface area contributed by atoms with Gasteiger partial charge in [-0.15, -0.1) is 0 Å². The van der Waals surface area contributed by atoms with Crippen molar-refractivity contribution in [2.45, 2.75) is 31.6 Å². The smallest absolute Gasteiger partial charge is 0.249 e. The van der Waals surface area contributed by atoms with Gasteiger partial charge in [-0.1, -0.05) is 0 Å². The summed E-state index contributed by atoms with van der Waals surface area (Å²) in [6.07, 6.45) is 1.90. The maximum absolute atomic E-state index is 12.9.